The second kappa shape index (κ2) is 11.6. The molecule has 1 amide bonds. The SMILES string of the molecule is CCCCCN(C(=O)CCc1ccc(Cl)cc1)c1c(N)n(CCCC)c(=O)[nH]c1=O. The normalized spacial score (nSPS) is 10.9. The molecule has 0 aliphatic rings. The molecule has 0 bridgehead atoms. The van der Waals surface area contributed by atoms with Gasteiger partial charge in [-0.15, -0.1) is 0 Å². The van der Waals surface area contributed by atoms with Gasteiger partial charge in [-0.25, -0.2) is 4.79 Å². The number of hydrogen-bond acceptors (Lipinski definition) is 4. The van der Waals surface area contributed by atoms with Gasteiger partial charge in [-0.1, -0.05) is 56.8 Å². The maximum absolute atomic E-state index is 13.1. The molecule has 8 heteroatoms. The predicted molar refractivity (Wildman–Crippen MR) is 122 cm³/mol. The van der Waals surface area contributed by atoms with Crippen LogP contribution < -0.4 is 21.9 Å². The van der Waals surface area contributed by atoms with Crippen molar-refractivity contribution in [2.45, 2.75) is 65.3 Å². The maximum Gasteiger partial charge on any atom is 0.330 e. The Labute approximate surface area is 181 Å². The lowest BCUT2D eigenvalue weighted by Crippen LogP contribution is -2.41. The number of aromatic nitrogens is 2. The quantitative estimate of drug-likeness (QED) is 0.526. The van der Waals surface area contributed by atoms with Gasteiger partial charge in [0, 0.05) is 24.5 Å². The molecule has 3 N–H and O–H groups in total. The van der Waals surface area contributed by atoms with Crippen LogP contribution in [0.15, 0.2) is 33.9 Å². The molecule has 1 heterocycles. The van der Waals surface area contributed by atoms with Gasteiger partial charge in [-0.2, -0.15) is 0 Å². The molecule has 164 valence electrons. The summed E-state index contributed by atoms with van der Waals surface area (Å²) in [5.41, 5.74) is 6.11. The molecule has 1 aromatic carbocycles. The molecule has 30 heavy (non-hydrogen) atoms. The number of nitrogens with two attached hydrogens (primary N) is 1. The van der Waals surface area contributed by atoms with E-state index in [0.29, 0.717) is 24.5 Å². The lowest BCUT2D eigenvalue weighted by Gasteiger charge is -2.24. The zero-order chi connectivity index (χ0) is 22.1. The average molecular weight is 435 g/mol. The van der Waals surface area contributed by atoms with Crippen molar-refractivity contribution in [3.05, 3.63) is 55.7 Å². The monoisotopic (exact) mass is 434 g/mol. The fraction of sp³-hybridized carbons (Fsp3) is 0.500. The van der Waals surface area contributed by atoms with Crippen LogP contribution in [0.1, 0.15) is 57.9 Å². The highest BCUT2D eigenvalue weighted by Crippen LogP contribution is 2.20. The molecule has 0 unspecified atom stereocenters. The van der Waals surface area contributed by atoms with Crippen molar-refractivity contribution in [3.8, 4) is 0 Å². The van der Waals surface area contributed by atoms with Gasteiger partial charge in [0.2, 0.25) is 5.91 Å². The first kappa shape index (κ1) is 23.7. The number of benzene rings is 1. The number of unbranched alkanes of at least 4 members (excludes halogenated alkanes) is 3. The van der Waals surface area contributed by atoms with Crippen molar-refractivity contribution < 1.29 is 4.79 Å². The first-order chi connectivity index (χ1) is 14.4. The molecule has 0 aliphatic heterocycles. The maximum atomic E-state index is 13.1. The third kappa shape index (κ3) is 6.23. The van der Waals surface area contributed by atoms with Gasteiger partial charge in [-0.3, -0.25) is 19.1 Å². The van der Waals surface area contributed by atoms with Crippen LogP contribution in [0.2, 0.25) is 5.02 Å². The second-order valence-electron chi connectivity index (χ2n) is 7.38. The largest absolute Gasteiger partial charge is 0.383 e. The fourth-order valence-electron chi connectivity index (χ4n) is 3.29. The third-order valence-electron chi connectivity index (χ3n) is 5.05. The number of halogens is 1. The smallest absolute Gasteiger partial charge is 0.330 e. The van der Waals surface area contributed by atoms with E-state index in [1.54, 1.807) is 12.1 Å². The lowest BCUT2D eigenvalue weighted by molar-refractivity contribution is -0.118. The number of nitrogens with one attached hydrogen (secondary N) is 1. The van der Waals surface area contributed by atoms with E-state index in [4.69, 9.17) is 17.3 Å². The molecule has 0 radical (unpaired) electrons. The minimum absolute atomic E-state index is 0.0496. The van der Waals surface area contributed by atoms with E-state index < -0.39 is 11.2 Å². The molecule has 0 spiro atoms. The number of aromatic amines is 1. The Kier molecular flexibility index (Phi) is 9.17. The van der Waals surface area contributed by atoms with Gasteiger partial charge >= 0.3 is 5.69 Å². The Balaban J connectivity index is 2.33. The van der Waals surface area contributed by atoms with Crippen LogP contribution in [0.25, 0.3) is 0 Å². The Morgan fingerprint density at radius 1 is 1.10 bits per heavy atom. The minimum atomic E-state index is -0.624. The summed E-state index contributed by atoms with van der Waals surface area (Å²) in [6.07, 6.45) is 5.02. The molecule has 1 aromatic heterocycles. The number of rotatable bonds is 11. The molecule has 0 aliphatic carbocycles. The number of amides is 1. The van der Waals surface area contributed by atoms with E-state index in [9.17, 15) is 14.4 Å². The van der Waals surface area contributed by atoms with Gasteiger partial charge in [0.15, 0.2) is 5.69 Å². The fourth-order valence-corrected chi connectivity index (χ4v) is 3.42. The van der Waals surface area contributed by atoms with Crippen LogP contribution in [0, 0.1) is 0 Å². The van der Waals surface area contributed by atoms with Gasteiger partial charge in [0.05, 0.1) is 0 Å². The van der Waals surface area contributed by atoms with Crippen molar-refractivity contribution in [2.75, 3.05) is 17.2 Å². The van der Waals surface area contributed by atoms with Crippen molar-refractivity contribution in [2.24, 2.45) is 0 Å². The molecule has 0 fully saturated rings. The zero-order valence-corrected chi connectivity index (χ0v) is 18.5. The van der Waals surface area contributed by atoms with Crippen molar-refractivity contribution >= 4 is 29.0 Å². The van der Waals surface area contributed by atoms with Crippen molar-refractivity contribution in [1.82, 2.24) is 9.55 Å². The summed E-state index contributed by atoms with van der Waals surface area (Å²) in [7, 11) is 0. The molecule has 2 aromatic rings. The lowest BCUT2D eigenvalue weighted by atomic mass is 10.1. The molecule has 0 atom stereocenters. The van der Waals surface area contributed by atoms with Crippen LogP contribution in [-0.4, -0.2) is 22.0 Å². The van der Waals surface area contributed by atoms with E-state index >= 15 is 0 Å². The van der Waals surface area contributed by atoms with Crippen LogP contribution in [0.5, 0.6) is 0 Å². The summed E-state index contributed by atoms with van der Waals surface area (Å²) in [5.74, 6) is -0.146. The number of nitrogen functional groups attached to an aromatic ring is 1. The minimum Gasteiger partial charge on any atom is -0.383 e. The topological polar surface area (TPSA) is 101 Å². The first-order valence-corrected chi connectivity index (χ1v) is 10.9. The highest BCUT2D eigenvalue weighted by molar-refractivity contribution is 6.30. The van der Waals surface area contributed by atoms with E-state index in [2.05, 4.69) is 11.9 Å². The first-order valence-electron chi connectivity index (χ1n) is 10.6. The van der Waals surface area contributed by atoms with Crippen molar-refractivity contribution in [1.29, 1.82) is 0 Å². The number of aryl methyl sites for hydroxylation is 1. The number of hydrogen-bond donors (Lipinski definition) is 2. The van der Waals surface area contributed by atoms with Crippen LogP contribution in [-0.2, 0) is 17.8 Å². The summed E-state index contributed by atoms with van der Waals surface area (Å²) >= 11 is 5.92. The Bertz CT molecular complexity index is 950. The molecule has 0 saturated carbocycles. The van der Waals surface area contributed by atoms with Crippen LogP contribution in [0.3, 0.4) is 0 Å². The van der Waals surface area contributed by atoms with Gasteiger partial charge in [0.25, 0.3) is 5.56 Å². The molecular formula is C22H31ClN4O3. The average Bonchev–Trinajstić information content (AvgIpc) is 2.71. The number of anilines is 2. The Morgan fingerprint density at radius 3 is 2.40 bits per heavy atom. The van der Waals surface area contributed by atoms with E-state index in [-0.39, 0.29) is 23.8 Å². The summed E-state index contributed by atoms with van der Waals surface area (Å²) in [6, 6.07) is 7.33. The van der Waals surface area contributed by atoms with Gasteiger partial charge in [-0.05, 0) is 37.0 Å². The Morgan fingerprint density at radius 2 is 1.77 bits per heavy atom. The summed E-state index contributed by atoms with van der Waals surface area (Å²) in [5, 5.41) is 0.639. The van der Waals surface area contributed by atoms with Crippen molar-refractivity contribution in [3.63, 3.8) is 0 Å². The standard InChI is InChI=1S/C22H31ClN4O3/c1-3-5-7-15-26(18(28)13-10-16-8-11-17(23)12-9-16)19-20(24)27(14-6-4-2)22(30)25-21(19)29/h8-9,11-12H,3-7,10,13-15,24H2,1-2H3,(H,25,29,30). The Hall–Kier alpha value is -2.54. The van der Waals surface area contributed by atoms with E-state index in [1.165, 1.54) is 9.47 Å². The van der Waals surface area contributed by atoms with Gasteiger partial charge < -0.3 is 10.6 Å². The second-order valence-corrected chi connectivity index (χ2v) is 7.81. The highest BCUT2D eigenvalue weighted by atomic mass is 35.5. The molecule has 2 rings (SSSR count). The van der Waals surface area contributed by atoms with E-state index in [0.717, 1.165) is 37.7 Å². The molecular weight excluding hydrogens is 404 g/mol. The number of carbonyl (C=O) groups excluding carboxylic acids is 1. The van der Waals surface area contributed by atoms with Crippen LogP contribution >= 0.6 is 11.6 Å². The summed E-state index contributed by atoms with van der Waals surface area (Å²) < 4.78 is 1.35. The summed E-state index contributed by atoms with van der Waals surface area (Å²) in [6.45, 7) is 4.85. The molecule has 7 nitrogen and oxygen atoms in total. The molecule has 0 saturated heterocycles. The zero-order valence-electron chi connectivity index (χ0n) is 17.7. The number of nitrogens with zero attached hydrogens (tertiary/aromatic N) is 2. The van der Waals surface area contributed by atoms with Gasteiger partial charge in [0.1, 0.15) is 5.82 Å². The number of carbonyl (C=O) groups is 1. The van der Waals surface area contributed by atoms with Crippen LogP contribution in [0.4, 0.5) is 11.5 Å². The third-order valence-corrected chi connectivity index (χ3v) is 5.30. The predicted octanol–water partition coefficient (Wildman–Crippen LogP) is 3.73. The number of H-pyrrole nitrogens is 1. The highest BCUT2D eigenvalue weighted by Gasteiger charge is 2.23. The summed E-state index contributed by atoms with van der Waals surface area (Å²) in [4.78, 5) is 41.7. The van der Waals surface area contributed by atoms with E-state index in [1.807, 2.05) is 19.1 Å².